The second-order valence-corrected chi connectivity index (χ2v) is 11.2. The minimum absolute atomic E-state index is 0.253. The monoisotopic (exact) mass is 513 g/mol. The predicted molar refractivity (Wildman–Crippen MR) is 117 cm³/mol. The van der Waals surface area contributed by atoms with Gasteiger partial charge in [0.05, 0.1) is 31.5 Å². The summed E-state index contributed by atoms with van der Waals surface area (Å²) in [6.45, 7) is 0. The average molecular weight is 513 g/mol. The van der Waals surface area contributed by atoms with Crippen LogP contribution < -0.4 is 14.2 Å². The summed E-state index contributed by atoms with van der Waals surface area (Å²) in [6, 6.07) is 9.29. The minimum atomic E-state index is -5.12. The van der Waals surface area contributed by atoms with Crippen molar-refractivity contribution in [1.82, 2.24) is 9.71 Å². The Morgan fingerprint density at radius 1 is 1.24 bits per heavy atom. The number of hydrogen-bond acceptors (Lipinski definition) is 8. The third-order valence-corrected chi connectivity index (χ3v) is 8.60. The molecular weight excluding hydrogens is 496 g/mol. The van der Waals surface area contributed by atoms with E-state index < -0.39 is 29.2 Å². The van der Waals surface area contributed by atoms with Gasteiger partial charge >= 0.3 is 7.60 Å². The van der Waals surface area contributed by atoms with Crippen molar-refractivity contribution in [3.05, 3.63) is 59.5 Å². The van der Waals surface area contributed by atoms with Crippen LogP contribution in [0.15, 0.2) is 46.8 Å². The molecule has 0 radical (unpaired) electrons. The van der Waals surface area contributed by atoms with Crippen LogP contribution in [-0.4, -0.2) is 37.4 Å². The lowest BCUT2D eigenvalue weighted by atomic mass is 10.1. The topological polar surface area (TPSA) is 159 Å². The van der Waals surface area contributed by atoms with Crippen molar-refractivity contribution in [2.24, 2.45) is 0 Å². The van der Waals surface area contributed by atoms with E-state index in [1.165, 1.54) is 14.2 Å². The maximum absolute atomic E-state index is 14.0. The summed E-state index contributed by atoms with van der Waals surface area (Å²) >= 11 is 0.731. The van der Waals surface area contributed by atoms with E-state index >= 15 is 0 Å². The number of methoxy groups -OCH3 is 2. The first-order chi connectivity index (χ1) is 15.5. The lowest BCUT2D eigenvalue weighted by molar-refractivity contribution is 0.355. The second kappa shape index (κ2) is 9.56. The highest BCUT2D eigenvalue weighted by Crippen LogP contribution is 2.51. The first-order valence-electron chi connectivity index (χ1n) is 8.96. The zero-order chi connectivity index (χ0) is 24.4. The van der Waals surface area contributed by atoms with Crippen LogP contribution in [-0.2, 0) is 14.6 Å². The number of nitrogens with one attached hydrogen (secondary N) is 1. The molecule has 0 spiro atoms. The molecule has 3 aromatic rings. The Balaban J connectivity index is 1.99. The third kappa shape index (κ3) is 5.22. The number of benzene rings is 2. The molecule has 0 saturated carbocycles. The van der Waals surface area contributed by atoms with Gasteiger partial charge in [0.2, 0.25) is 0 Å². The smallest absolute Gasteiger partial charge is 0.347 e. The number of ether oxygens (including phenoxy) is 2. The molecule has 2 aromatic carbocycles. The molecule has 1 atom stereocenters. The largest absolute Gasteiger partial charge is 0.493 e. The third-order valence-electron chi connectivity index (χ3n) is 4.42. The van der Waals surface area contributed by atoms with E-state index in [0.717, 1.165) is 29.7 Å². The van der Waals surface area contributed by atoms with E-state index in [-0.39, 0.29) is 20.3 Å². The molecule has 1 unspecified atom stereocenters. The van der Waals surface area contributed by atoms with Crippen molar-refractivity contribution < 1.29 is 36.6 Å². The fourth-order valence-electron chi connectivity index (χ4n) is 2.89. The van der Waals surface area contributed by atoms with E-state index in [2.05, 4.69) is 4.98 Å². The second-order valence-electron chi connectivity index (χ2n) is 6.49. The molecule has 14 heteroatoms. The molecule has 0 saturated heterocycles. The molecule has 1 aromatic heterocycles. The van der Waals surface area contributed by atoms with E-state index in [1.807, 2.05) is 4.72 Å². The molecule has 0 bridgehead atoms. The van der Waals surface area contributed by atoms with Crippen LogP contribution in [0.2, 0.25) is 0 Å². The molecule has 0 aliphatic heterocycles. The number of sulfonamides is 1. The van der Waals surface area contributed by atoms with Gasteiger partial charge in [-0.1, -0.05) is 12.1 Å². The van der Waals surface area contributed by atoms with E-state index in [1.54, 1.807) is 24.3 Å². The number of thiazole rings is 1. The molecule has 0 amide bonds. The maximum atomic E-state index is 14.0. The summed E-state index contributed by atoms with van der Waals surface area (Å²) in [7, 11) is -6.76. The fraction of sp³-hybridized carbons (Fsp3) is 0.158. The Morgan fingerprint density at radius 2 is 1.97 bits per heavy atom. The zero-order valence-corrected chi connectivity index (χ0v) is 19.6. The van der Waals surface area contributed by atoms with Crippen LogP contribution in [0.1, 0.15) is 16.9 Å². The van der Waals surface area contributed by atoms with Gasteiger partial charge in [-0.3, -0.25) is 4.57 Å². The highest BCUT2D eigenvalue weighted by atomic mass is 32.2. The number of rotatable bonds is 8. The van der Waals surface area contributed by atoms with Crippen LogP contribution >= 0.6 is 18.9 Å². The molecule has 0 fully saturated rings. The quantitative estimate of drug-likeness (QED) is 0.385. The van der Waals surface area contributed by atoms with Gasteiger partial charge in [0, 0.05) is 0 Å². The van der Waals surface area contributed by atoms with E-state index in [0.29, 0.717) is 23.1 Å². The summed E-state index contributed by atoms with van der Waals surface area (Å²) in [4.78, 5) is 23.5. The van der Waals surface area contributed by atoms with Gasteiger partial charge in [-0.25, -0.2) is 17.8 Å². The Bertz CT molecular complexity index is 1380. The Labute approximate surface area is 192 Å². The van der Waals surface area contributed by atoms with Gasteiger partial charge in [-0.2, -0.15) is 9.98 Å². The number of nitrogens with zero attached hydrogens (tertiary/aromatic N) is 2. The van der Waals surface area contributed by atoms with Crippen molar-refractivity contribution in [3.8, 4) is 28.1 Å². The highest BCUT2D eigenvalue weighted by Gasteiger charge is 2.36. The van der Waals surface area contributed by atoms with Gasteiger partial charge in [0.25, 0.3) is 10.0 Å². The molecular formula is C19H17FN3O7PS2. The summed E-state index contributed by atoms with van der Waals surface area (Å²) in [5, 5.41) is 9.09. The zero-order valence-electron chi connectivity index (χ0n) is 17.1. The van der Waals surface area contributed by atoms with Crippen LogP contribution in [0, 0.1) is 17.1 Å². The van der Waals surface area contributed by atoms with Crippen molar-refractivity contribution in [3.63, 3.8) is 0 Å². The Hall–Kier alpha value is -2.85. The maximum Gasteiger partial charge on any atom is 0.347 e. The normalized spacial score (nSPS) is 12.7. The van der Waals surface area contributed by atoms with Crippen LogP contribution in [0.3, 0.4) is 0 Å². The van der Waals surface area contributed by atoms with Gasteiger partial charge < -0.3 is 19.3 Å². The first kappa shape index (κ1) is 24.8. The molecule has 3 rings (SSSR count). The molecule has 33 heavy (non-hydrogen) atoms. The van der Waals surface area contributed by atoms with Crippen molar-refractivity contribution in [2.75, 3.05) is 14.2 Å². The van der Waals surface area contributed by atoms with E-state index in [4.69, 9.17) is 14.7 Å². The van der Waals surface area contributed by atoms with Crippen LogP contribution in [0.4, 0.5) is 4.39 Å². The molecule has 0 aliphatic carbocycles. The summed E-state index contributed by atoms with van der Waals surface area (Å²) in [6.07, 6.45) is 1.03. The predicted octanol–water partition coefficient (Wildman–Crippen LogP) is 2.99. The van der Waals surface area contributed by atoms with Crippen molar-refractivity contribution in [2.45, 2.75) is 9.99 Å². The van der Waals surface area contributed by atoms with Crippen LogP contribution in [0.25, 0.3) is 10.6 Å². The average Bonchev–Trinajstić information content (AvgIpc) is 3.27. The van der Waals surface area contributed by atoms with Crippen LogP contribution in [0.5, 0.6) is 11.5 Å². The molecule has 1 heterocycles. The van der Waals surface area contributed by atoms with Crippen molar-refractivity contribution >= 4 is 29.0 Å². The van der Waals surface area contributed by atoms with Gasteiger partial charge in [-0.05, 0) is 29.8 Å². The van der Waals surface area contributed by atoms with E-state index in [9.17, 15) is 27.2 Å². The molecule has 174 valence electrons. The van der Waals surface area contributed by atoms with Gasteiger partial charge in [0.1, 0.15) is 22.7 Å². The summed E-state index contributed by atoms with van der Waals surface area (Å²) in [5.41, 5.74) is -0.253. The Morgan fingerprint density at radius 3 is 2.55 bits per heavy atom. The lowest BCUT2D eigenvalue weighted by Crippen LogP contribution is -2.28. The number of halogens is 1. The van der Waals surface area contributed by atoms with Gasteiger partial charge in [-0.15, -0.1) is 11.3 Å². The lowest BCUT2D eigenvalue weighted by Gasteiger charge is -2.20. The number of nitriles is 1. The summed E-state index contributed by atoms with van der Waals surface area (Å²) < 4.78 is 64.0. The first-order valence-corrected chi connectivity index (χ1v) is 12.9. The molecule has 10 nitrogen and oxygen atoms in total. The number of para-hydroxylation sites is 1. The highest BCUT2D eigenvalue weighted by molar-refractivity contribution is 7.92. The number of hydrogen-bond donors (Lipinski definition) is 3. The minimum Gasteiger partial charge on any atom is -0.493 e. The SMILES string of the molecule is COc1cccc(-c2ncc(S(=O)(=O)NC(c3ccc(C#N)c(F)c3)P(=O)(O)O)s2)c1OC. The van der Waals surface area contributed by atoms with Crippen molar-refractivity contribution in [1.29, 1.82) is 5.26 Å². The standard InChI is InChI=1S/C19H17FN3O7PS2/c1-29-15-5-3-4-13(17(15)30-2)19-22-10-16(32-19)33(27,28)23-18(31(24,25)26)11-6-7-12(9-21)14(20)8-11/h3-8,10,18,23H,1-2H3,(H2,24,25,26). The van der Waals surface area contributed by atoms with Gasteiger partial charge in [0.15, 0.2) is 15.7 Å². The summed E-state index contributed by atoms with van der Waals surface area (Å²) in [5.74, 6) is -2.40. The molecule has 0 aliphatic rings. The number of aromatic nitrogens is 1. The fourth-order valence-corrected chi connectivity index (χ4v) is 6.64. The molecule has 3 N–H and O–H groups in total. The Kier molecular flexibility index (Phi) is 7.18.